The number of thioether (sulfide) groups is 1. The molecule has 0 unspecified atom stereocenters. The lowest BCUT2D eigenvalue weighted by Gasteiger charge is -2.32. The minimum absolute atomic E-state index is 0.139. The number of nitrogens with zero attached hydrogens (tertiary/aromatic N) is 1. The summed E-state index contributed by atoms with van der Waals surface area (Å²) < 4.78 is 0. The van der Waals surface area contributed by atoms with Gasteiger partial charge < -0.3 is 10.6 Å². The standard InChI is InChI=1S/C12H20N2O2S2/c13-12(16)9-2-1-3-14(7-9)11(15)6-10-8-17-4-5-18-10/h9-10H,1-8H2,(H2,13,16)/p+1/t9-,10+/m0/s1. The van der Waals surface area contributed by atoms with Crippen LogP contribution in [0.4, 0.5) is 0 Å². The van der Waals surface area contributed by atoms with Crippen LogP contribution in [0.2, 0.25) is 0 Å². The maximum absolute atomic E-state index is 12.2. The summed E-state index contributed by atoms with van der Waals surface area (Å²) in [6, 6.07) is 0. The number of amides is 2. The van der Waals surface area contributed by atoms with Crippen molar-refractivity contribution in [2.24, 2.45) is 11.7 Å². The molecule has 4 nitrogen and oxygen atoms in total. The summed E-state index contributed by atoms with van der Waals surface area (Å²) in [5, 5.41) is 0.474. The first-order chi connectivity index (χ1) is 8.66. The van der Waals surface area contributed by atoms with Crippen LogP contribution in [0.5, 0.6) is 0 Å². The molecule has 18 heavy (non-hydrogen) atoms. The van der Waals surface area contributed by atoms with E-state index in [2.05, 4.69) is 0 Å². The molecule has 2 amide bonds. The van der Waals surface area contributed by atoms with Crippen LogP contribution in [0.15, 0.2) is 0 Å². The van der Waals surface area contributed by atoms with Gasteiger partial charge in [-0.05, 0) is 24.6 Å². The van der Waals surface area contributed by atoms with Crippen LogP contribution in [0.25, 0.3) is 0 Å². The molecular weight excluding hydrogens is 268 g/mol. The molecule has 2 rings (SSSR count). The van der Waals surface area contributed by atoms with Crippen LogP contribution in [0.1, 0.15) is 19.3 Å². The predicted molar refractivity (Wildman–Crippen MR) is 77.9 cm³/mol. The molecule has 2 atom stereocenters. The topological polar surface area (TPSA) is 63.4 Å². The molecule has 102 valence electrons. The Morgan fingerprint density at radius 2 is 2.28 bits per heavy atom. The molecule has 2 N–H and O–H groups in total. The number of carbonyl (C=O) groups is 2. The zero-order valence-corrected chi connectivity index (χ0v) is 12.2. The van der Waals surface area contributed by atoms with Gasteiger partial charge in [0.2, 0.25) is 11.8 Å². The van der Waals surface area contributed by atoms with E-state index in [1.807, 2.05) is 16.7 Å². The van der Waals surface area contributed by atoms with E-state index in [1.165, 1.54) is 23.3 Å². The Labute approximate surface area is 116 Å². The number of carbonyl (C=O) groups excluding carboxylic acids is 2. The summed E-state index contributed by atoms with van der Waals surface area (Å²) in [7, 11) is 0. The molecule has 0 spiro atoms. The van der Waals surface area contributed by atoms with E-state index < -0.39 is 0 Å². The van der Waals surface area contributed by atoms with Crippen LogP contribution in [0.3, 0.4) is 0 Å². The second-order valence-electron chi connectivity index (χ2n) is 4.91. The van der Waals surface area contributed by atoms with E-state index >= 15 is 0 Å². The van der Waals surface area contributed by atoms with Gasteiger partial charge in [0.25, 0.3) is 0 Å². The number of likely N-dealkylation sites (tertiary alicyclic amines) is 1. The molecule has 2 saturated heterocycles. The smallest absolute Gasteiger partial charge is 0.223 e. The molecule has 2 aliphatic heterocycles. The van der Waals surface area contributed by atoms with Gasteiger partial charge in [0.1, 0.15) is 11.5 Å². The molecule has 0 saturated carbocycles. The van der Waals surface area contributed by atoms with Gasteiger partial charge in [-0.25, -0.2) is 0 Å². The Hall–Kier alpha value is -0.360. The van der Waals surface area contributed by atoms with Gasteiger partial charge in [-0.3, -0.25) is 9.59 Å². The Bertz CT molecular complexity index is 319. The Morgan fingerprint density at radius 1 is 1.44 bits per heavy atom. The fourth-order valence-electron chi connectivity index (χ4n) is 2.46. The summed E-state index contributed by atoms with van der Waals surface area (Å²) in [5.41, 5.74) is 5.33. The van der Waals surface area contributed by atoms with Crippen molar-refractivity contribution < 1.29 is 9.59 Å². The summed E-state index contributed by atoms with van der Waals surface area (Å²) >= 11 is 3.39. The Morgan fingerprint density at radius 3 is 2.94 bits per heavy atom. The lowest BCUT2D eigenvalue weighted by molar-refractivity contribution is -0.134. The zero-order valence-electron chi connectivity index (χ0n) is 10.5. The number of hydrogen-bond donors (Lipinski definition) is 1. The lowest BCUT2D eigenvalue weighted by atomic mass is 9.97. The highest BCUT2D eigenvalue weighted by Gasteiger charge is 2.29. The third-order valence-corrected chi connectivity index (χ3v) is 6.55. The number of nitrogens with two attached hydrogens (primary N) is 1. The normalized spacial score (nSPS) is 29.0. The first-order valence-corrected chi connectivity index (χ1v) is 8.80. The fraction of sp³-hybridized carbons (Fsp3) is 0.833. The summed E-state index contributed by atoms with van der Waals surface area (Å²) in [6.07, 6.45) is 2.36. The minimum atomic E-state index is -0.266. The van der Waals surface area contributed by atoms with Gasteiger partial charge >= 0.3 is 0 Å². The molecule has 6 heteroatoms. The SMILES string of the molecule is NC(=O)[C@H]1CCCN(C(=O)C[C@@H]2C[SH+]CCS2)C1. The predicted octanol–water partition coefficient (Wildman–Crippen LogP) is 0.0307. The van der Waals surface area contributed by atoms with Crippen LogP contribution < -0.4 is 5.73 Å². The molecule has 0 aromatic rings. The van der Waals surface area contributed by atoms with Crippen LogP contribution in [-0.2, 0) is 21.4 Å². The average Bonchev–Trinajstić information content (AvgIpc) is 2.40. The molecule has 0 aliphatic carbocycles. The van der Waals surface area contributed by atoms with E-state index in [-0.39, 0.29) is 17.7 Å². The van der Waals surface area contributed by atoms with Crippen molar-refractivity contribution in [2.75, 3.05) is 30.3 Å². The number of hydrogen-bond acceptors (Lipinski definition) is 3. The van der Waals surface area contributed by atoms with Crippen LogP contribution in [0, 0.1) is 5.92 Å². The van der Waals surface area contributed by atoms with Gasteiger partial charge in [0.15, 0.2) is 0 Å². The Kier molecular flexibility index (Phi) is 5.24. The van der Waals surface area contributed by atoms with E-state index in [1.54, 1.807) is 0 Å². The number of thiol groups is 1. The van der Waals surface area contributed by atoms with Gasteiger partial charge in [0, 0.05) is 25.3 Å². The third-order valence-electron chi connectivity index (χ3n) is 3.51. The number of piperidine rings is 1. The molecule has 0 aromatic carbocycles. The van der Waals surface area contributed by atoms with Crippen LogP contribution >= 0.6 is 11.8 Å². The molecule has 2 aliphatic rings. The second-order valence-corrected chi connectivity index (χ2v) is 7.58. The van der Waals surface area contributed by atoms with Gasteiger partial charge in [-0.2, -0.15) is 0 Å². The molecule has 2 fully saturated rings. The highest BCUT2D eigenvalue weighted by Crippen LogP contribution is 2.23. The summed E-state index contributed by atoms with van der Waals surface area (Å²) in [4.78, 5) is 25.2. The van der Waals surface area contributed by atoms with E-state index in [4.69, 9.17) is 5.73 Å². The van der Waals surface area contributed by atoms with Gasteiger partial charge in [-0.1, -0.05) is 0 Å². The summed E-state index contributed by atoms with van der Waals surface area (Å²) in [6.45, 7) is 1.32. The van der Waals surface area contributed by atoms with Crippen molar-refractivity contribution in [3.05, 3.63) is 0 Å². The zero-order chi connectivity index (χ0) is 13.0. The fourth-order valence-corrected chi connectivity index (χ4v) is 5.32. The molecule has 0 radical (unpaired) electrons. The first-order valence-electron chi connectivity index (χ1n) is 6.49. The maximum Gasteiger partial charge on any atom is 0.223 e. The van der Waals surface area contributed by atoms with Crippen molar-refractivity contribution >= 4 is 35.3 Å². The summed E-state index contributed by atoms with van der Waals surface area (Å²) in [5.74, 6) is 3.35. The monoisotopic (exact) mass is 289 g/mol. The molecule has 0 aromatic heterocycles. The molecule has 2 heterocycles. The molecular formula is C12H21N2O2S2+. The third kappa shape index (κ3) is 3.82. The van der Waals surface area contributed by atoms with E-state index in [9.17, 15) is 9.59 Å². The van der Waals surface area contributed by atoms with E-state index in [0.717, 1.165) is 25.1 Å². The van der Waals surface area contributed by atoms with Crippen molar-refractivity contribution in [3.8, 4) is 0 Å². The number of rotatable bonds is 3. The number of primary amides is 1. The lowest BCUT2D eigenvalue weighted by Crippen LogP contribution is -2.45. The average molecular weight is 289 g/mol. The first kappa shape index (κ1) is 14.1. The highest BCUT2D eigenvalue weighted by molar-refractivity contribution is 8.02. The van der Waals surface area contributed by atoms with Crippen molar-refractivity contribution in [3.63, 3.8) is 0 Å². The quantitative estimate of drug-likeness (QED) is 0.589. The van der Waals surface area contributed by atoms with Crippen LogP contribution in [-0.4, -0.2) is 52.3 Å². The van der Waals surface area contributed by atoms with Crippen molar-refractivity contribution in [2.45, 2.75) is 24.5 Å². The minimum Gasteiger partial charge on any atom is -0.369 e. The van der Waals surface area contributed by atoms with Crippen molar-refractivity contribution in [1.29, 1.82) is 0 Å². The van der Waals surface area contributed by atoms with Gasteiger partial charge in [-0.15, -0.1) is 11.8 Å². The largest absolute Gasteiger partial charge is 0.369 e. The van der Waals surface area contributed by atoms with Gasteiger partial charge in [0.05, 0.1) is 11.2 Å². The van der Waals surface area contributed by atoms with E-state index in [0.29, 0.717) is 18.2 Å². The second kappa shape index (κ2) is 6.70. The van der Waals surface area contributed by atoms with Crippen molar-refractivity contribution in [1.82, 2.24) is 4.90 Å². The maximum atomic E-state index is 12.2. The highest BCUT2D eigenvalue weighted by atomic mass is 32.2. The molecule has 0 bridgehead atoms. The Balaban J connectivity index is 1.82.